The van der Waals surface area contributed by atoms with Crippen LogP contribution in [-0.4, -0.2) is 91.2 Å². The Balaban J connectivity index is 2.25. The molecule has 1 fully saturated rings. The van der Waals surface area contributed by atoms with Gasteiger partial charge in [0.15, 0.2) is 0 Å². The number of carbonyl (C=O) groups is 3. The molecule has 2 aliphatic rings. The van der Waals surface area contributed by atoms with E-state index < -0.39 is 35.8 Å². The van der Waals surface area contributed by atoms with Gasteiger partial charge in [0.1, 0.15) is 5.60 Å². The second-order valence-corrected chi connectivity index (χ2v) is 9.29. The highest BCUT2D eigenvalue weighted by Crippen LogP contribution is 2.27. The van der Waals surface area contributed by atoms with E-state index in [4.69, 9.17) is 14.2 Å². The van der Waals surface area contributed by atoms with Gasteiger partial charge in [-0.25, -0.2) is 9.59 Å². The van der Waals surface area contributed by atoms with Crippen molar-refractivity contribution in [2.75, 3.05) is 33.4 Å². The predicted octanol–water partition coefficient (Wildman–Crippen LogP) is 1.30. The molecule has 0 unspecified atom stereocenters. The molecule has 1 heterocycles. The van der Waals surface area contributed by atoms with Crippen LogP contribution in [0, 0.1) is 0 Å². The zero-order chi connectivity index (χ0) is 23.9. The minimum atomic E-state index is -1.04. The number of nitrogens with one attached hydrogen (secondary N) is 2. The third kappa shape index (κ3) is 8.07. The lowest BCUT2D eigenvalue weighted by Crippen LogP contribution is -2.64. The highest BCUT2D eigenvalue weighted by Gasteiger charge is 2.41. The maximum atomic E-state index is 12.5. The Kier molecular flexibility index (Phi) is 9.47. The lowest BCUT2D eigenvalue weighted by Gasteiger charge is -2.45. The Morgan fingerprint density at radius 3 is 2.53 bits per heavy atom. The molecule has 2 rings (SSSR count). The molecule has 0 aromatic rings. The number of rotatable bonds is 8. The van der Waals surface area contributed by atoms with Crippen molar-refractivity contribution in [1.82, 2.24) is 15.5 Å². The van der Waals surface area contributed by atoms with Crippen molar-refractivity contribution in [1.29, 1.82) is 0 Å². The molecule has 10 nitrogen and oxygen atoms in total. The summed E-state index contributed by atoms with van der Waals surface area (Å²) in [6.07, 6.45) is 2.87. The third-order valence-corrected chi connectivity index (χ3v) is 5.43. The van der Waals surface area contributed by atoms with Gasteiger partial charge >= 0.3 is 12.1 Å². The smallest absolute Gasteiger partial charge is 0.407 e. The molecule has 0 aromatic carbocycles. The van der Waals surface area contributed by atoms with Gasteiger partial charge in [0.2, 0.25) is 5.91 Å². The molecule has 0 radical (unpaired) electrons. The van der Waals surface area contributed by atoms with Gasteiger partial charge in [0.05, 0.1) is 37.4 Å². The van der Waals surface area contributed by atoms with Crippen LogP contribution in [0.4, 0.5) is 4.79 Å². The van der Waals surface area contributed by atoms with E-state index in [1.165, 1.54) is 6.92 Å². The molecule has 0 spiro atoms. The summed E-state index contributed by atoms with van der Waals surface area (Å²) >= 11 is 0. The van der Waals surface area contributed by atoms with Gasteiger partial charge in [-0.3, -0.25) is 9.69 Å². The van der Waals surface area contributed by atoms with Crippen molar-refractivity contribution >= 4 is 18.0 Å². The first-order valence-electron chi connectivity index (χ1n) is 11.1. The fraction of sp³-hybridized carbons (Fsp3) is 0.773. The van der Waals surface area contributed by atoms with Crippen LogP contribution in [0.1, 0.15) is 47.0 Å². The van der Waals surface area contributed by atoms with Crippen LogP contribution in [0.5, 0.6) is 0 Å². The van der Waals surface area contributed by atoms with Gasteiger partial charge in [-0.05, 0) is 40.2 Å². The molecular weight excluding hydrogens is 418 g/mol. The number of carbonyl (C=O) groups excluding carboxylic acids is 2. The van der Waals surface area contributed by atoms with Crippen molar-refractivity contribution in [3.63, 3.8) is 0 Å². The third-order valence-electron chi connectivity index (χ3n) is 5.43. The number of methoxy groups -OCH3 is 1. The first-order valence-corrected chi connectivity index (χ1v) is 11.1. The van der Waals surface area contributed by atoms with Gasteiger partial charge in [-0.1, -0.05) is 6.08 Å². The summed E-state index contributed by atoms with van der Waals surface area (Å²) in [6.45, 7) is 8.96. The normalized spacial score (nSPS) is 26.7. The van der Waals surface area contributed by atoms with Crippen LogP contribution < -0.4 is 10.6 Å². The summed E-state index contributed by atoms with van der Waals surface area (Å²) < 4.78 is 16.3. The van der Waals surface area contributed by atoms with E-state index in [0.717, 1.165) is 19.4 Å². The first kappa shape index (κ1) is 26.1. The number of amides is 2. The Morgan fingerprint density at radius 2 is 1.94 bits per heavy atom. The van der Waals surface area contributed by atoms with Crippen molar-refractivity contribution in [2.45, 2.75) is 76.8 Å². The molecule has 182 valence electrons. The molecule has 2 amide bonds. The standard InChI is InChI=1S/C22H37N3O7/c1-14(26)23-19-17(24-21(29)32-22(2,3)4)11-15(20(27)28)12-18(19)25-8-6-7-16(13-25)31-10-9-30-5/h12,16-19H,6-11,13H2,1-5H3,(H,23,26)(H,24,29)(H,27,28)/t16-,17+,18-,19-/m1/s1. The van der Waals surface area contributed by atoms with Crippen LogP contribution in [0.25, 0.3) is 0 Å². The Hall–Kier alpha value is -2.17. The SMILES string of the molecule is COCCO[C@@H]1CCCN([C@@H]2C=C(C(=O)O)C[C@H](NC(=O)OC(C)(C)C)[C@H]2NC(C)=O)C1. The summed E-state index contributed by atoms with van der Waals surface area (Å²) in [7, 11) is 1.62. The molecular formula is C22H37N3O7. The average Bonchev–Trinajstić information content (AvgIpc) is 2.67. The zero-order valence-electron chi connectivity index (χ0n) is 19.7. The number of nitrogens with zero attached hydrogens (tertiary/aromatic N) is 1. The Bertz CT molecular complexity index is 704. The molecule has 10 heteroatoms. The number of carboxylic acids is 1. The minimum absolute atomic E-state index is 0.0160. The van der Waals surface area contributed by atoms with E-state index in [9.17, 15) is 19.5 Å². The topological polar surface area (TPSA) is 126 Å². The number of alkyl carbamates (subject to hydrolysis) is 1. The van der Waals surface area contributed by atoms with Gasteiger partial charge in [-0.2, -0.15) is 0 Å². The molecule has 1 aliphatic carbocycles. The molecule has 4 atom stereocenters. The van der Waals surface area contributed by atoms with Crippen LogP contribution in [-0.2, 0) is 23.8 Å². The lowest BCUT2D eigenvalue weighted by atomic mass is 9.84. The highest BCUT2D eigenvalue weighted by molar-refractivity contribution is 5.87. The summed E-state index contributed by atoms with van der Waals surface area (Å²) in [5.41, 5.74) is -0.507. The number of carboxylic acid groups (broad SMARTS) is 1. The van der Waals surface area contributed by atoms with E-state index in [0.29, 0.717) is 19.8 Å². The number of piperidine rings is 1. The quantitative estimate of drug-likeness (QED) is 0.468. The number of hydrogen-bond acceptors (Lipinski definition) is 7. The molecule has 0 saturated carbocycles. The summed E-state index contributed by atoms with van der Waals surface area (Å²) in [4.78, 5) is 38.4. The van der Waals surface area contributed by atoms with Gasteiger partial charge in [0.25, 0.3) is 0 Å². The Morgan fingerprint density at radius 1 is 1.22 bits per heavy atom. The average molecular weight is 456 g/mol. The Labute approximate surface area is 189 Å². The molecule has 1 aliphatic heterocycles. The van der Waals surface area contributed by atoms with Crippen LogP contribution in [0.15, 0.2) is 11.6 Å². The van der Waals surface area contributed by atoms with E-state index in [1.54, 1.807) is 34.0 Å². The minimum Gasteiger partial charge on any atom is -0.478 e. The summed E-state index contributed by atoms with van der Waals surface area (Å²) in [5, 5.41) is 15.4. The zero-order valence-corrected chi connectivity index (χ0v) is 19.7. The number of ether oxygens (including phenoxy) is 3. The van der Waals surface area contributed by atoms with Crippen molar-refractivity contribution in [3.05, 3.63) is 11.6 Å². The van der Waals surface area contributed by atoms with Gasteiger partial charge in [0, 0.05) is 32.6 Å². The molecule has 0 bridgehead atoms. The van der Waals surface area contributed by atoms with E-state index >= 15 is 0 Å². The molecule has 32 heavy (non-hydrogen) atoms. The maximum Gasteiger partial charge on any atom is 0.407 e. The van der Waals surface area contributed by atoms with Crippen molar-refractivity contribution in [2.24, 2.45) is 0 Å². The predicted molar refractivity (Wildman–Crippen MR) is 117 cm³/mol. The molecule has 3 N–H and O–H groups in total. The van der Waals surface area contributed by atoms with Crippen molar-refractivity contribution < 1.29 is 33.7 Å². The molecule has 1 saturated heterocycles. The number of likely N-dealkylation sites (tertiary alicyclic amines) is 1. The van der Waals surface area contributed by atoms with E-state index in [1.807, 2.05) is 0 Å². The monoisotopic (exact) mass is 455 g/mol. The van der Waals surface area contributed by atoms with Gasteiger partial charge < -0.3 is 30.0 Å². The number of hydrogen-bond donors (Lipinski definition) is 3. The highest BCUT2D eigenvalue weighted by atomic mass is 16.6. The maximum absolute atomic E-state index is 12.5. The van der Waals surface area contributed by atoms with E-state index in [-0.39, 0.29) is 24.0 Å². The number of aliphatic carboxylic acids is 1. The molecule has 0 aromatic heterocycles. The fourth-order valence-corrected chi connectivity index (χ4v) is 4.16. The van der Waals surface area contributed by atoms with Crippen LogP contribution in [0.3, 0.4) is 0 Å². The largest absolute Gasteiger partial charge is 0.478 e. The second-order valence-electron chi connectivity index (χ2n) is 9.29. The summed E-state index contributed by atoms with van der Waals surface area (Å²) in [5.74, 6) is -1.30. The van der Waals surface area contributed by atoms with Gasteiger partial charge in [-0.15, -0.1) is 0 Å². The summed E-state index contributed by atoms with van der Waals surface area (Å²) in [6, 6.07) is -1.56. The van der Waals surface area contributed by atoms with Crippen molar-refractivity contribution in [3.8, 4) is 0 Å². The fourth-order valence-electron chi connectivity index (χ4n) is 4.16. The lowest BCUT2D eigenvalue weighted by molar-refractivity contribution is -0.133. The van der Waals surface area contributed by atoms with Crippen LogP contribution >= 0.6 is 0 Å². The van der Waals surface area contributed by atoms with Crippen LogP contribution in [0.2, 0.25) is 0 Å². The first-order chi connectivity index (χ1) is 15.0. The van der Waals surface area contributed by atoms with E-state index in [2.05, 4.69) is 15.5 Å². The second kappa shape index (κ2) is 11.6.